The van der Waals surface area contributed by atoms with Crippen LogP contribution in [0.25, 0.3) is 22.5 Å². The minimum absolute atomic E-state index is 0.162. The fraction of sp³-hybridized carbons (Fsp3) is 0.304. The highest BCUT2D eigenvalue weighted by atomic mass is 16.3. The molecule has 0 bridgehead atoms. The van der Waals surface area contributed by atoms with Crippen molar-refractivity contribution >= 4 is 5.82 Å². The number of aromatic nitrogens is 2. The average Bonchev–Trinajstić information content (AvgIpc) is 2.71. The molecule has 1 aliphatic rings. The number of rotatable bonds is 3. The zero-order chi connectivity index (χ0) is 18.9. The van der Waals surface area contributed by atoms with Gasteiger partial charge in [-0.15, -0.1) is 0 Å². The van der Waals surface area contributed by atoms with Gasteiger partial charge in [-0.3, -0.25) is 4.98 Å². The summed E-state index contributed by atoms with van der Waals surface area (Å²) in [5, 5.41) is 10.3. The van der Waals surface area contributed by atoms with Crippen LogP contribution < -0.4 is 4.90 Å². The van der Waals surface area contributed by atoms with Crippen LogP contribution in [0.2, 0.25) is 0 Å². The minimum Gasteiger partial charge on any atom is -0.392 e. The first kappa shape index (κ1) is 17.7. The van der Waals surface area contributed by atoms with Crippen LogP contribution in [0, 0.1) is 5.41 Å². The summed E-state index contributed by atoms with van der Waals surface area (Å²) in [5.41, 5.74) is 3.74. The van der Waals surface area contributed by atoms with Gasteiger partial charge in [0.2, 0.25) is 0 Å². The molecule has 2 heterocycles. The number of benzene rings is 2. The second-order valence-electron chi connectivity index (χ2n) is 7.87. The third-order valence-electron chi connectivity index (χ3n) is 5.35. The van der Waals surface area contributed by atoms with E-state index in [4.69, 9.17) is 9.97 Å². The first-order valence-corrected chi connectivity index (χ1v) is 9.45. The summed E-state index contributed by atoms with van der Waals surface area (Å²) in [7, 11) is 0. The molecule has 4 nitrogen and oxygen atoms in total. The first-order chi connectivity index (χ1) is 13.0. The Hall–Kier alpha value is -2.72. The number of aliphatic hydroxyl groups excluding tert-OH is 1. The molecule has 3 aromatic rings. The Bertz CT molecular complexity index is 909. The molecule has 1 aliphatic heterocycles. The molecule has 0 radical (unpaired) electrons. The van der Waals surface area contributed by atoms with Crippen LogP contribution in [0.4, 0.5) is 5.82 Å². The van der Waals surface area contributed by atoms with Crippen molar-refractivity contribution in [2.24, 2.45) is 5.41 Å². The topological polar surface area (TPSA) is 49.2 Å². The summed E-state index contributed by atoms with van der Waals surface area (Å²) in [6.07, 6.45) is 2.33. The number of anilines is 1. The Balaban J connectivity index is 1.78. The van der Waals surface area contributed by atoms with Gasteiger partial charge in [0, 0.05) is 29.6 Å². The maximum Gasteiger partial charge on any atom is 0.147 e. The lowest BCUT2D eigenvalue weighted by atomic mass is 9.81. The minimum atomic E-state index is -0.279. The molecule has 4 rings (SSSR count). The average molecular weight is 359 g/mol. The van der Waals surface area contributed by atoms with Crippen LogP contribution in [-0.4, -0.2) is 34.3 Å². The van der Waals surface area contributed by atoms with E-state index < -0.39 is 0 Å². The highest BCUT2D eigenvalue weighted by Gasteiger charge is 2.35. The molecule has 2 aromatic carbocycles. The second-order valence-corrected chi connectivity index (χ2v) is 7.87. The van der Waals surface area contributed by atoms with Crippen LogP contribution >= 0.6 is 0 Å². The van der Waals surface area contributed by atoms with Gasteiger partial charge in [-0.25, -0.2) is 4.98 Å². The maximum atomic E-state index is 10.3. The van der Waals surface area contributed by atoms with E-state index in [1.807, 2.05) is 42.6 Å². The SMILES string of the molecule is CC1(C)CN(c2cnc(-c3ccccc3)c(-c3ccccc3)n2)CC[C@H]1O. The molecule has 1 atom stereocenters. The molecule has 4 heteroatoms. The molecular formula is C23H25N3O. The van der Waals surface area contributed by atoms with Gasteiger partial charge < -0.3 is 10.0 Å². The van der Waals surface area contributed by atoms with Crippen molar-refractivity contribution in [3.8, 4) is 22.5 Å². The van der Waals surface area contributed by atoms with E-state index in [-0.39, 0.29) is 11.5 Å². The Kier molecular flexibility index (Phi) is 4.66. The lowest BCUT2D eigenvalue weighted by Crippen LogP contribution is -2.49. The van der Waals surface area contributed by atoms with Gasteiger partial charge in [0.15, 0.2) is 0 Å². The van der Waals surface area contributed by atoms with E-state index in [0.717, 1.165) is 47.8 Å². The molecular weight excluding hydrogens is 334 g/mol. The highest BCUT2D eigenvalue weighted by Crippen LogP contribution is 2.34. The molecule has 138 valence electrons. The third-order valence-corrected chi connectivity index (χ3v) is 5.35. The van der Waals surface area contributed by atoms with Crippen molar-refractivity contribution in [2.45, 2.75) is 26.4 Å². The molecule has 0 unspecified atom stereocenters. The van der Waals surface area contributed by atoms with Crippen LogP contribution in [0.5, 0.6) is 0 Å². The number of hydrogen-bond donors (Lipinski definition) is 1. The van der Waals surface area contributed by atoms with Gasteiger partial charge in [-0.05, 0) is 6.42 Å². The standard InChI is InChI=1S/C23H25N3O/c1-23(2)16-26(14-13-19(23)27)20-15-24-21(17-9-5-3-6-10-17)22(25-20)18-11-7-4-8-12-18/h3-12,15,19,27H,13-14,16H2,1-2H3/t19-/m1/s1. The van der Waals surface area contributed by atoms with E-state index in [2.05, 4.69) is 43.0 Å². The summed E-state index contributed by atoms with van der Waals surface area (Å²) in [5.74, 6) is 0.869. The summed E-state index contributed by atoms with van der Waals surface area (Å²) in [6.45, 7) is 5.77. The molecule has 1 aromatic heterocycles. The predicted octanol–water partition coefficient (Wildman–Crippen LogP) is 4.41. The van der Waals surface area contributed by atoms with Gasteiger partial charge in [0.05, 0.1) is 23.7 Å². The number of hydrogen-bond acceptors (Lipinski definition) is 4. The highest BCUT2D eigenvalue weighted by molar-refractivity contribution is 5.78. The second kappa shape index (κ2) is 7.12. The van der Waals surface area contributed by atoms with Gasteiger partial charge in [-0.2, -0.15) is 0 Å². The predicted molar refractivity (Wildman–Crippen MR) is 110 cm³/mol. The van der Waals surface area contributed by atoms with E-state index in [1.165, 1.54) is 0 Å². The van der Waals surface area contributed by atoms with E-state index in [1.54, 1.807) is 0 Å². The summed E-state index contributed by atoms with van der Waals surface area (Å²) in [4.78, 5) is 12.1. The van der Waals surface area contributed by atoms with Gasteiger partial charge in [-0.1, -0.05) is 74.5 Å². The lowest BCUT2D eigenvalue weighted by Gasteiger charge is -2.42. The number of aliphatic hydroxyl groups is 1. The van der Waals surface area contributed by atoms with E-state index in [9.17, 15) is 5.11 Å². The van der Waals surface area contributed by atoms with Crippen LogP contribution in [-0.2, 0) is 0 Å². The number of piperidine rings is 1. The fourth-order valence-electron chi connectivity index (χ4n) is 3.68. The molecule has 0 aliphatic carbocycles. The molecule has 27 heavy (non-hydrogen) atoms. The van der Waals surface area contributed by atoms with E-state index in [0.29, 0.717) is 0 Å². The fourth-order valence-corrected chi connectivity index (χ4v) is 3.68. The van der Waals surface area contributed by atoms with Crippen LogP contribution in [0.1, 0.15) is 20.3 Å². The zero-order valence-corrected chi connectivity index (χ0v) is 15.8. The molecule has 1 saturated heterocycles. The molecule has 1 fully saturated rings. The van der Waals surface area contributed by atoms with Crippen molar-refractivity contribution in [3.63, 3.8) is 0 Å². The summed E-state index contributed by atoms with van der Waals surface area (Å²) in [6, 6.07) is 20.4. The Morgan fingerprint density at radius 2 is 1.52 bits per heavy atom. The Morgan fingerprint density at radius 1 is 0.926 bits per heavy atom. The lowest BCUT2D eigenvalue weighted by molar-refractivity contribution is 0.0334. The van der Waals surface area contributed by atoms with Gasteiger partial charge >= 0.3 is 0 Å². The monoisotopic (exact) mass is 359 g/mol. The van der Waals surface area contributed by atoms with Crippen LogP contribution in [0.3, 0.4) is 0 Å². The van der Waals surface area contributed by atoms with Crippen molar-refractivity contribution < 1.29 is 5.11 Å². The normalized spacial score (nSPS) is 19.1. The van der Waals surface area contributed by atoms with E-state index >= 15 is 0 Å². The van der Waals surface area contributed by atoms with Crippen molar-refractivity contribution in [1.29, 1.82) is 0 Å². The van der Waals surface area contributed by atoms with Crippen molar-refractivity contribution in [2.75, 3.05) is 18.0 Å². The summed E-state index contributed by atoms with van der Waals surface area (Å²) < 4.78 is 0. The molecule has 1 N–H and O–H groups in total. The maximum absolute atomic E-state index is 10.3. The smallest absolute Gasteiger partial charge is 0.147 e. The van der Waals surface area contributed by atoms with Crippen molar-refractivity contribution in [3.05, 3.63) is 66.9 Å². The molecule has 0 spiro atoms. The quantitative estimate of drug-likeness (QED) is 0.753. The van der Waals surface area contributed by atoms with Gasteiger partial charge in [0.1, 0.15) is 5.82 Å². The largest absolute Gasteiger partial charge is 0.392 e. The van der Waals surface area contributed by atoms with Crippen molar-refractivity contribution in [1.82, 2.24) is 9.97 Å². The Morgan fingerprint density at radius 3 is 2.11 bits per heavy atom. The third kappa shape index (κ3) is 3.58. The van der Waals surface area contributed by atoms with Crippen LogP contribution in [0.15, 0.2) is 66.9 Å². The molecule has 0 amide bonds. The summed E-state index contributed by atoms with van der Waals surface area (Å²) >= 11 is 0. The zero-order valence-electron chi connectivity index (χ0n) is 15.8. The van der Waals surface area contributed by atoms with Gasteiger partial charge in [0.25, 0.3) is 0 Å². The Labute approximate surface area is 160 Å². The first-order valence-electron chi connectivity index (χ1n) is 9.45. The molecule has 0 saturated carbocycles. The number of nitrogens with zero attached hydrogens (tertiary/aromatic N) is 3.